The summed E-state index contributed by atoms with van der Waals surface area (Å²) < 4.78 is 0. The second kappa shape index (κ2) is 2.89. The van der Waals surface area contributed by atoms with Gasteiger partial charge >= 0.3 is 46.3 Å². The molecule has 0 radical (unpaired) electrons. The molecule has 0 aliphatic heterocycles. The zero-order valence-corrected chi connectivity index (χ0v) is 4.70. The second-order valence-electron chi connectivity index (χ2n) is 1.51. The Hall–Kier alpha value is -0.195. The first-order chi connectivity index (χ1) is 3.18. The summed E-state index contributed by atoms with van der Waals surface area (Å²) in [6.45, 7) is 1.91. The Kier molecular flexibility index (Phi) is 2.81. The van der Waals surface area contributed by atoms with Gasteiger partial charge in [-0.05, 0) is 0 Å². The van der Waals surface area contributed by atoms with Crippen LogP contribution in [0.5, 0.6) is 0 Å². The molecular weight excluding hydrogens is 80.5 g/mol. The molecule has 0 aromatic heterocycles. The van der Waals surface area contributed by atoms with Gasteiger partial charge in [-0.25, -0.2) is 0 Å². The minimum absolute atomic E-state index is 0.917. The van der Waals surface area contributed by atoms with E-state index >= 15 is 0 Å². The van der Waals surface area contributed by atoms with Crippen LogP contribution < -0.4 is 0 Å². The first kappa shape index (κ1) is 6.80. The SMILES string of the molecule is B=CC(=B)C(=B)C. The van der Waals surface area contributed by atoms with E-state index in [1.807, 2.05) is 6.92 Å². The molecule has 0 aromatic carbocycles. The molecule has 32 valence electrons. The number of hydrogen-bond donors (Lipinski definition) is 0. The van der Waals surface area contributed by atoms with Crippen molar-refractivity contribution < 1.29 is 0 Å². The molecule has 0 rings (SSSR count). The summed E-state index contributed by atoms with van der Waals surface area (Å²) in [5.41, 5.74) is 1.90. The van der Waals surface area contributed by atoms with Crippen LogP contribution in [0.15, 0.2) is 0 Å². The quantitative estimate of drug-likeness (QED) is 0.337. The van der Waals surface area contributed by atoms with Gasteiger partial charge in [0.2, 0.25) is 0 Å². The molecule has 0 aromatic rings. The van der Waals surface area contributed by atoms with E-state index in [0.29, 0.717) is 0 Å². The molecule has 7 heavy (non-hydrogen) atoms. The van der Waals surface area contributed by atoms with E-state index in [-0.39, 0.29) is 0 Å². The summed E-state index contributed by atoms with van der Waals surface area (Å²) in [6, 6.07) is 0. The van der Waals surface area contributed by atoms with Crippen LogP contribution in [0.4, 0.5) is 0 Å². The van der Waals surface area contributed by atoms with Gasteiger partial charge in [-0.2, -0.15) is 0 Å². The van der Waals surface area contributed by atoms with Gasteiger partial charge in [0, 0.05) is 0 Å². The zero-order chi connectivity index (χ0) is 5.86. The third kappa shape index (κ3) is 2.49. The molecule has 0 N–H and O–H groups in total. The fourth-order valence-electron chi connectivity index (χ4n) is 0.174. The van der Waals surface area contributed by atoms with Crippen LogP contribution in [0.1, 0.15) is 6.92 Å². The molecule has 0 aliphatic carbocycles. The summed E-state index contributed by atoms with van der Waals surface area (Å²) in [6.07, 6.45) is 0. The van der Waals surface area contributed by atoms with Gasteiger partial charge in [0.05, 0.1) is 0 Å². The molecule has 3 heteroatoms. The molecule has 0 unspecified atom stereocenters. The van der Waals surface area contributed by atoms with Crippen molar-refractivity contribution in [3.8, 4) is 0 Å². The van der Waals surface area contributed by atoms with Crippen molar-refractivity contribution >= 4 is 39.4 Å². The predicted molar refractivity (Wildman–Crippen MR) is 43.2 cm³/mol. The first-order valence-corrected chi connectivity index (χ1v) is 2.15. The fourth-order valence-corrected chi connectivity index (χ4v) is 0.174. The average Bonchev–Trinajstić information content (AvgIpc) is 1.65. The molecule has 0 saturated heterocycles. The third-order valence-corrected chi connectivity index (χ3v) is 0.795. The van der Waals surface area contributed by atoms with Crippen molar-refractivity contribution in [1.29, 1.82) is 0 Å². The molecule has 0 fully saturated rings. The van der Waals surface area contributed by atoms with E-state index in [4.69, 9.17) is 0 Å². The van der Waals surface area contributed by atoms with Gasteiger partial charge in [0.25, 0.3) is 0 Å². The Labute approximate surface area is 47.2 Å². The van der Waals surface area contributed by atoms with Crippen LogP contribution in [-0.2, 0) is 0 Å². The van der Waals surface area contributed by atoms with Crippen molar-refractivity contribution in [3.63, 3.8) is 0 Å². The topological polar surface area (TPSA) is 0 Å². The first-order valence-electron chi connectivity index (χ1n) is 2.15. The van der Waals surface area contributed by atoms with Gasteiger partial charge in [-0.1, -0.05) is 0 Å². The summed E-state index contributed by atoms with van der Waals surface area (Å²) in [4.78, 5) is 0. The van der Waals surface area contributed by atoms with Crippen molar-refractivity contribution in [2.45, 2.75) is 6.92 Å². The maximum absolute atomic E-state index is 3.66. The van der Waals surface area contributed by atoms with Gasteiger partial charge in [0.1, 0.15) is 0 Å². The molecule has 0 heterocycles. The fraction of sp³-hybridized carbons (Fsp3) is 0.250. The average molecular weight is 87.5 g/mol. The van der Waals surface area contributed by atoms with Crippen LogP contribution in [0, 0.1) is 0 Å². The van der Waals surface area contributed by atoms with Crippen LogP contribution in [0.25, 0.3) is 0 Å². The summed E-state index contributed by atoms with van der Waals surface area (Å²) in [5.74, 6) is 1.70. The van der Waals surface area contributed by atoms with E-state index in [9.17, 15) is 0 Å². The van der Waals surface area contributed by atoms with Crippen molar-refractivity contribution in [2.75, 3.05) is 0 Å². The van der Waals surface area contributed by atoms with E-state index in [1.54, 1.807) is 5.97 Å². The monoisotopic (exact) mass is 88.1 g/mol. The third-order valence-electron chi connectivity index (χ3n) is 0.795. The standard InChI is InChI=1S/C4H7B3/c1-3(6)4(7)2-5/h2,5-7H,1H3. The zero-order valence-electron chi connectivity index (χ0n) is 4.70. The molecular formula is C4H7B3. The second-order valence-corrected chi connectivity index (χ2v) is 1.51. The Morgan fingerprint density at radius 1 is 1.43 bits per heavy atom. The molecule has 0 spiro atoms. The molecule has 0 amide bonds. The molecule has 0 aliphatic rings. The van der Waals surface area contributed by atoms with E-state index in [0.717, 1.165) is 10.9 Å². The van der Waals surface area contributed by atoms with Crippen LogP contribution in [-0.4, -0.2) is 39.4 Å². The summed E-state index contributed by atoms with van der Waals surface area (Å²) in [7, 11) is 10.8. The number of hydrogen-bond acceptors (Lipinski definition) is 0. The van der Waals surface area contributed by atoms with Gasteiger partial charge < -0.3 is 0 Å². The predicted octanol–water partition coefficient (Wildman–Crippen LogP) is -2.14. The van der Waals surface area contributed by atoms with Gasteiger partial charge in [-0.15, -0.1) is 0 Å². The van der Waals surface area contributed by atoms with Gasteiger partial charge in [-0.3, -0.25) is 0 Å². The van der Waals surface area contributed by atoms with E-state index < -0.39 is 0 Å². The molecule has 0 saturated carbocycles. The Balaban J connectivity index is 3.81. The van der Waals surface area contributed by atoms with Crippen molar-refractivity contribution in [1.82, 2.24) is 0 Å². The Morgan fingerprint density at radius 3 is 1.86 bits per heavy atom. The summed E-state index contributed by atoms with van der Waals surface area (Å²) in [5, 5.41) is 0. The van der Waals surface area contributed by atoms with E-state index in [2.05, 4.69) is 22.5 Å². The Morgan fingerprint density at radius 2 is 1.86 bits per heavy atom. The van der Waals surface area contributed by atoms with Crippen molar-refractivity contribution in [2.24, 2.45) is 0 Å². The van der Waals surface area contributed by atoms with Crippen LogP contribution in [0.3, 0.4) is 0 Å². The minimum atomic E-state index is 0.917. The van der Waals surface area contributed by atoms with E-state index in [1.165, 1.54) is 0 Å². The van der Waals surface area contributed by atoms with Crippen molar-refractivity contribution in [3.05, 3.63) is 0 Å². The van der Waals surface area contributed by atoms with Crippen LogP contribution in [0.2, 0.25) is 0 Å². The number of rotatable bonds is 2. The maximum atomic E-state index is 3.66. The molecule has 0 nitrogen and oxygen atoms in total. The summed E-state index contributed by atoms with van der Waals surface area (Å²) >= 11 is 0. The molecule has 0 bridgehead atoms. The van der Waals surface area contributed by atoms with Crippen LogP contribution >= 0.6 is 0 Å². The van der Waals surface area contributed by atoms with Gasteiger partial charge in [0.15, 0.2) is 0 Å². The Bertz CT molecular complexity index is 114. The normalized spacial score (nSPS) is 7.14. The molecule has 0 atom stereocenters.